The minimum Gasteiger partial charge on any atom is -0.324 e. The summed E-state index contributed by atoms with van der Waals surface area (Å²) in [7, 11) is 0. The number of carbonyl (C=O) groups is 1. The molecule has 1 saturated carbocycles. The monoisotopic (exact) mass is 366 g/mol. The van der Waals surface area contributed by atoms with Gasteiger partial charge in [0.05, 0.1) is 29.6 Å². The summed E-state index contributed by atoms with van der Waals surface area (Å²) in [6.07, 6.45) is -0.388. The molecule has 0 unspecified atom stereocenters. The van der Waals surface area contributed by atoms with Gasteiger partial charge in [-0.05, 0) is 31.0 Å². The number of benzene rings is 1. The molecular formula is C17H14F4N4O. The van der Waals surface area contributed by atoms with Crippen LogP contribution in [0, 0.1) is 17.1 Å². The molecule has 5 nitrogen and oxygen atoms in total. The Labute approximate surface area is 146 Å². The highest BCUT2D eigenvalue weighted by molar-refractivity contribution is 5.97. The first-order valence-electron chi connectivity index (χ1n) is 7.90. The highest BCUT2D eigenvalue weighted by atomic mass is 19.4. The van der Waals surface area contributed by atoms with E-state index in [1.165, 1.54) is 16.8 Å². The summed E-state index contributed by atoms with van der Waals surface area (Å²) in [6, 6.07) is 4.45. The van der Waals surface area contributed by atoms with Gasteiger partial charge in [0, 0.05) is 5.69 Å². The van der Waals surface area contributed by atoms with Crippen LogP contribution < -0.4 is 5.32 Å². The second kappa shape index (κ2) is 6.44. The summed E-state index contributed by atoms with van der Waals surface area (Å²) < 4.78 is 53.8. The Kier molecular flexibility index (Phi) is 4.44. The Morgan fingerprint density at radius 2 is 2.00 bits per heavy atom. The fourth-order valence-electron chi connectivity index (χ4n) is 3.26. The van der Waals surface area contributed by atoms with Crippen molar-refractivity contribution in [1.82, 2.24) is 9.78 Å². The molecule has 1 aliphatic carbocycles. The van der Waals surface area contributed by atoms with Crippen LogP contribution in [-0.2, 0) is 16.5 Å². The summed E-state index contributed by atoms with van der Waals surface area (Å²) in [4.78, 5) is 12.8. The van der Waals surface area contributed by atoms with E-state index in [0.717, 1.165) is 37.4 Å². The number of hydrogen-bond donors (Lipinski definition) is 1. The third-order valence-electron chi connectivity index (χ3n) is 4.55. The summed E-state index contributed by atoms with van der Waals surface area (Å²) in [5.41, 5.74) is -2.87. The average molecular weight is 366 g/mol. The fourth-order valence-corrected chi connectivity index (χ4v) is 3.26. The summed E-state index contributed by atoms with van der Waals surface area (Å²) in [6.45, 7) is 0. The molecule has 1 fully saturated rings. The number of nitriles is 1. The van der Waals surface area contributed by atoms with Gasteiger partial charge in [-0.2, -0.15) is 23.5 Å². The van der Waals surface area contributed by atoms with Crippen molar-refractivity contribution >= 4 is 11.6 Å². The van der Waals surface area contributed by atoms with Crippen molar-refractivity contribution in [1.29, 1.82) is 5.26 Å². The predicted molar refractivity (Wildman–Crippen MR) is 83.4 cm³/mol. The number of alkyl halides is 3. The van der Waals surface area contributed by atoms with Crippen LogP contribution in [0.1, 0.15) is 36.8 Å². The molecule has 0 radical (unpaired) electrons. The summed E-state index contributed by atoms with van der Waals surface area (Å²) in [5.74, 6) is -1.15. The number of hydrogen-bond acceptors (Lipinski definition) is 3. The number of rotatable bonds is 3. The van der Waals surface area contributed by atoms with Crippen LogP contribution in [-0.4, -0.2) is 15.7 Å². The van der Waals surface area contributed by atoms with E-state index in [0.29, 0.717) is 12.8 Å². The lowest BCUT2D eigenvalue weighted by molar-refractivity contribution is -0.137. The second-order valence-corrected chi connectivity index (χ2v) is 6.17. The number of nitrogens with zero attached hydrogens (tertiary/aromatic N) is 3. The minimum atomic E-state index is -4.72. The van der Waals surface area contributed by atoms with Gasteiger partial charge in [-0.3, -0.25) is 9.48 Å². The van der Waals surface area contributed by atoms with Crippen molar-refractivity contribution in [3.63, 3.8) is 0 Å². The molecule has 0 atom stereocenters. The largest absolute Gasteiger partial charge is 0.417 e. The molecule has 0 aliphatic heterocycles. The van der Waals surface area contributed by atoms with Gasteiger partial charge in [0.15, 0.2) is 5.82 Å². The number of anilines is 1. The van der Waals surface area contributed by atoms with E-state index in [1.807, 2.05) is 0 Å². The van der Waals surface area contributed by atoms with Crippen LogP contribution in [0.4, 0.5) is 23.2 Å². The van der Waals surface area contributed by atoms with Gasteiger partial charge in [0.2, 0.25) is 0 Å². The first kappa shape index (κ1) is 17.9. The molecule has 1 amide bonds. The summed E-state index contributed by atoms with van der Waals surface area (Å²) >= 11 is 0. The SMILES string of the molecule is N#Cc1ccc(NC(=O)C2(n3cc(F)cn3)CCCC2)cc1C(F)(F)F. The van der Waals surface area contributed by atoms with Crippen molar-refractivity contribution in [2.45, 2.75) is 37.4 Å². The maximum atomic E-state index is 13.3. The molecule has 1 aliphatic rings. The Bertz CT molecular complexity index is 876. The lowest BCUT2D eigenvalue weighted by Gasteiger charge is -2.28. The molecule has 136 valence electrons. The first-order chi connectivity index (χ1) is 12.3. The maximum Gasteiger partial charge on any atom is 0.417 e. The smallest absolute Gasteiger partial charge is 0.324 e. The maximum absolute atomic E-state index is 13.3. The topological polar surface area (TPSA) is 70.7 Å². The number of carbonyl (C=O) groups excluding carboxylic acids is 1. The lowest BCUT2D eigenvalue weighted by Crippen LogP contribution is -2.43. The molecule has 0 spiro atoms. The molecule has 1 aromatic heterocycles. The standard InChI is InChI=1S/C17H14F4N4O/c18-12-9-23-25(10-12)16(5-1-2-6-16)15(26)24-13-4-3-11(8-22)14(7-13)17(19,20)21/h3-4,7,9-10H,1-2,5-6H2,(H,24,26). The van der Waals surface area contributed by atoms with E-state index in [9.17, 15) is 22.4 Å². The third kappa shape index (κ3) is 3.14. The van der Waals surface area contributed by atoms with E-state index >= 15 is 0 Å². The zero-order chi connectivity index (χ0) is 18.9. The van der Waals surface area contributed by atoms with E-state index in [4.69, 9.17) is 5.26 Å². The molecule has 9 heteroatoms. The van der Waals surface area contributed by atoms with Crippen molar-refractivity contribution in [3.8, 4) is 6.07 Å². The average Bonchev–Trinajstić information content (AvgIpc) is 3.23. The van der Waals surface area contributed by atoms with Gasteiger partial charge in [-0.25, -0.2) is 4.39 Å². The van der Waals surface area contributed by atoms with Crippen molar-refractivity contribution < 1.29 is 22.4 Å². The van der Waals surface area contributed by atoms with Crippen molar-refractivity contribution in [2.24, 2.45) is 0 Å². The molecule has 1 aromatic carbocycles. The van der Waals surface area contributed by atoms with Gasteiger partial charge >= 0.3 is 6.18 Å². The number of aromatic nitrogens is 2. The number of amides is 1. The van der Waals surface area contributed by atoms with Crippen LogP contribution in [0.3, 0.4) is 0 Å². The molecule has 26 heavy (non-hydrogen) atoms. The van der Waals surface area contributed by atoms with Crippen LogP contribution in [0.2, 0.25) is 0 Å². The molecule has 3 rings (SSSR count). The Hall–Kier alpha value is -2.89. The Balaban J connectivity index is 1.93. The van der Waals surface area contributed by atoms with E-state index in [1.54, 1.807) is 0 Å². The fraction of sp³-hybridized carbons (Fsp3) is 0.353. The molecular weight excluding hydrogens is 352 g/mol. The normalized spacial score (nSPS) is 16.3. The quantitative estimate of drug-likeness (QED) is 0.840. The minimum absolute atomic E-state index is 0.0831. The van der Waals surface area contributed by atoms with Crippen molar-refractivity contribution in [2.75, 3.05) is 5.32 Å². The van der Waals surface area contributed by atoms with Crippen LogP contribution in [0.5, 0.6) is 0 Å². The summed E-state index contributed by atoms with van der Waals surface area (Å²) in [5, 5.41) is 15.2. The molecule has 2 aromatic rings. The predicted octanol–water partition coefficient (Wildman–Crippen LogP) is 3.82. The highest BCUT2D eigenvalue weighted by Gasteiger charge is 2.44. The van der Waals surface area contributed by atoms with Crippen LogP contribution in [0.25, 0.3) is 0 Å². The number of halogens is 4. The van der Waals surface area contributed by atoms with Crippen molar-refractivity contribution in [3.05, 3.63) is 47.5 Å². The molecule has 1 N–H and O–H groups in total. The zero-order valence-corrected chi connectivity index (χ0v) is 13.5. The third-order valence-corrected chi connectivity index (χ3v) is 4.55. The first-order valence-corrected chi connectivity index (χ1v) is 7.90. The Morgan fingerprint density at radius 1 is 1.31 bits per heavy atom. The van der Waals surface area contributed by atoms with E-state index in [2.05, 4.69) is 10.4 Å². The zero-order valence-electron chi connectivity index (χ0n) is 13.5. The van der Waals surface area contributed by atoms with Gasteiger partial charge < -0.3 is 5.32 Å². The number of nitrogens with one attached hydrogen (secondary N) is 1. The van der Waals surface area contributed by atoms with Gasteiger partial charge in [-0.1, -0.05) is 12.8 Å². The van der Waals surface area contributed by atoms with E-state index in [-0.39, 0.29) is 5.69 Å². The lowest BCUT2D eigenvalue weighted by atomic mass is 9.96. The second-order valence-electron chi connectivity index (χ2n) is 6.17. The Morgan fingerprint density at radius 3 is 2.54 bits per heavy atom. The molecule has 0 bridgehead atoms. The van der Waals surface area contributed by atoms with Gasteiger partial charge in [0.25, 0.3) is 5.91 Å². The van der Waals surface area contributed by atoms with E-state index < -0.39 is 34.6 Å². The van der Waals surface area contributed by atoms with Gasteiger partial charge in [-0.15, -0.1) is 0 Å². The molecule has 0 saturated heterocycles. The van der Waals surface area contributed by atoms with Crippen LogP contribution in [0.15, 0.2) is 30.6 Å². The highest BCUT2D eigenvalue weighted by Crippen LogP contribution is 2.38. The van der Waals surface area contributed by atoms with Crippen LogP contribution >= 0.6 is 0 Å². The molecule has 1 heterocycles. The van der Waals surface area contributed by atoms with Gasteiger partial charge in [0.1, 0.15) is 5.54 Å².